The lowest BCUT2D eigenvalue weighted by atomic mass is 9.90. The summed E-state index contributed by atoms with van der Waals surface area (Å²) in [5, 5.41) is 20.4. The summed E-state index contributed by atoms with van der Waals surface area (Å²) >= 11 is 0. The van der Waals surface area contributed by atoms with Crippen molar-refractivity contribution in [2.24, 2.45) is 0 Å². The molecule has 0 aromatic heterocycles. The Hall–Kier alpha value is -1.96. The summed E-state index contributed by atoms with van der Waals surface area (Å²) in [6.45, 7) is 6.18. The summed E-state index contributed by atoms with van der Waals surface area (Å²) in [7, 11) is 0. The van der Waals surface area contributed by atoms with Crippen molar-refractivity contribution in [3.63, 3.8) is 0 Å². The second-order valence-corrected chi connectivity index (χ2v) is 4.97. The van der Waals surface area contributed by atoms with Gasteiger partial charge in [-0.2, -0.15) is 0 Å². The predicted octanol–water partition coefficient (Wildman–Crippen LogP) is 4.45. The first-order chi connectivity index (χ1) is 9.63. The molecule has 0 atom stereocenters. The van der Waals surface area contributed by atoms with E-state index < -0.39 is 0 Å². The van der Waals surface area contributed by atoms with Crippen molar-refractivity contribution in [1.82, 2.24) is 0 Å². The molecule has 0 aliphatic carbocycles. The van der Waals surface area contributed by atoms with Crippen molar-refractivity contribution in [3.8, 4) is 22.6 Å². The van der Waals surface area contributed by atoms with Gasteiger partial charge >= 0.3 is 0 Å². The predicted molar refractivity (Wildman–Crippen MR) is 83.3 cm³/mol. The van der Waals surface area contributed by atoms with Gasteiger partial charge < -0.3 is 10.2 Å². The average Bonchev–Trinajstić information content (AvgIpc) is 2.47. The Morgan fingerprint density at radius 3 is 1.90 bits per heavy atom. The van der Waals surface area contributed by atoms with Crippen LogP contribution in [0.1, 0.15) is 37.5 Å². The number of aromatic hydroxyl groups is 2. The highest BCUT2D eigenvalue weighted by Gasteiger charge is 2.16. The van der Waals surface area contributed by atoms with Gasteiger partial charge in [0.25, 0.3) is 0 Å². The zero-order chi connectivity index (χ0) is 14.7. The lowest BCUT2D eigenvalue weighted by Crippen LogP contribution is -1.96. The molecule has 2 nitrogen and oxygen atoms in total. The second kappa shape index (κ2) is 6.00. The van der Waals surface area contributed by atoms with E-state index in [1.165, 1.54) is 11.1 Å². The first-order valence-electron chi connectivity index (χ1n) is 7.28. The molecule has 0 amide bonds. The minimum absolute atomic E-state index is 0.167. The van der Waals surface area contributed by atoms with E-state index in [2.05, 4.69) is 32.0 Å². The SMILES string of the molecule is CCc1cccc(CC)c1-c1ccc(O)c(CC)c1O. The van der Waals surface area contributed by atoms with E-state index in [1.54, 1.807) is 6.07 Å². The van der Waals surface area contributed by atoms with Gasteiger partial charge in [0.2, 0.25) is 0 Å². The molecule has 0 fully saturated rings. The largest absolute Gasteiger partial charge is 0.508 e. The smallest absolute Gasteiger partial charge is 0.130 e. The van der Waals surface area contributed by atoms with Crippen molar-refractivity contribution >= 4 is 0 Å². The Morgan fingerprint density at radius 1 is 0.800 bits per heavy atom. The number of phenolic OH excluding ortho intramolecular Hbond substituents is 2. The highest BCUT2D eigenvalue weighted by Crippen LogP contribution is 2.40. The molecule has 2 aromatic carbocycles. The molecular weight excluding hydrogens is 248 g/mol. The second-order valence-electron chi connectivity index (χ2n) is 4.97. The van der Waals surface area contributed by atoms with E-state index in [0.29, 0.717) is 12.0 Å². The van der Waals surface area contributed by atoms with Crippen LogP contribution in [-0.2, 0) is 19.3 Å². The Labute approximate surface area is 120 Å². The fourth-order valence-electron chi connectivity index (χ4n) is 2.76. The minimum Gasteiger partial charge on any atom is -0.508 e. The lowest BCUT2D eigenvalue weighted by molar-refractivity contribution is 0.441. The molecule has 0 radical (unpaired) electrons. The summed E-state index contributed by atoms with van der Waals surface area (Å²) in [5.41, 5.74) is 5.02. The van der Waals surface area contributed by atoms with Gasteiger partial charge in [0, 0.05) is 11.1 Å². The molecule has 2 N–H and O–H groups in total. The normalized spacial score (nSPS) is 10.8. The first-order valence-corrected chi connectivity index (χ1v) is 7.28. The molecule has 0 saturated heterocycles. The maximum absolute atomic E-state index is 10.5. The van der Waals surface area contributed by atoms with E-state index in [9.17, 15) is 10.2 Å². The van der Waals surface area contributed by atoms with Crippen LogP contribution in [0.4, 0.5) is 0 Å². The Balaban J connectivity index is 2.74. The van der Waals surface area contributed by atoms with Crippen molar-refractivity contribution in [2.45, 2.75) is 40.0 Å². The number of aryl methyl sites for hydroxylation is 2. The molecule has 0 aliphatic heterocycles. The highest BCUT2D eigenvalue weighted by atomic mass is 16.3. The van der Waals surface area contributed by atoms with Crippen LogP contribution in [0, 0.1) is 0 Å². The molecule has 0 heterocycles. The molecule has 2 heteroatoms. The van der Waals surface area contributed by atoms with Crippen LogP contribution in [0.25, 0.3) is 11.1 Å². The zero-order valence-corrected chi connectivity index (χ0v) is 12.4. The zero-order valence-electron chi connectivity index (χ0n) is 12.4. The van der Waals surface area contributed by atoms with E-state index in [-0.39, 0.29) is 11.5 Å². The molecule has 2 aromatic rings. The molecule has 106 valence electrons. The molecule has 0 spiro atoms. The van der Waals surface area contributed by atoms with Crippen molar-refractivity contribution < 1.29 is 10.2 Å². The van der Waals surface area contributed by atoms with Crippen LogP contribution in [-0.4, -0.2) is 10.2 Å². The van der Waals surface area contributed by atoms with Crippen LogP contribution in [0.3, 0.4) is 0 Å². The van der Waals surface area contributed by atoms with Gasteiger partial charge in [0.15, 0.2) is 0 Å². The highest BCUT2D eigenvalue weighted by molar-refractivity contribution is 5.78. The van der Waals surface area contributed by atoms with Crippen molar-refractivity contribution in [1.29, 1.82) is 0 Å². The van der Waals surface area contributed by atoms with Gasteiger partial charge in [-0.15, -0.1) is 0 Å². The van der Waals surface area contributed by atoms with Gasteiger partial charge in [-0.25, -0.2) is 0 Å². The number of rotatable bonds is 4. The molecule has 0 unspecified atom stereocenters. The minimum atomic E-state index is 0.167. The number of hydrogen-bond donors (Lipinski definition) is 2. The van der Waals surface area contributed by atoms with Crippen LogP contribution in [0.2, 0.25) is 0 Å². The monoisotopic (exact) mass is 270 g/mol. The maximum atomic E-state index is 10.5. The Morgan fingerprint density at radius 2 is 1.40 bits per heavy atom. The quantitative estimate of drug-likeness (QED) is 0.861. The van der Waals surface area contributed by atoms with E-state index in [1.807, 2.05) is 13.0 Å². The number of hydrogen-bond acceptors (Lipinski definition) is 2. The van der Waals surface area contributed by atoms with Gasteiger partial charge in [-0.3, -0.25) is 0 Å². The summed E-state index contributed by atoms with van der Waals surface area (Å²) in [5.74, 6) is 0.379. The Kier molecular flexibility index (Phi) is 4.33. The van der Waals surface area contributed by atoms with Gasteiger partial charge in [-0.05, 0) is 48.1 Å². The third-order valence-electron chi connectivity index (χ3n) is 3.88. The molecule has 0 bridgehead atoms. The molecule has 2 rings (SSSR count). The van der Waals surface area contributed by atoms with E-state index in [4.69, 9.17) is 0 Å². The summed E-state index contributed by atoms with van der Waals surface area (Å²) in [6.07, 6.45) is 2.46. The summed E-state index contributed by atoms with van der Waals surface area (Å²) < 4.78 is 0. The number of benzene rings is 2. The van der Waals surface area contributed by atoms with Crippen molar-refractivity contribution in [3.05, 3.63) is 47.0 Å². The van der Waals surface area contributed by atoms with Gasteiger partial charge in [0.1, 0.15) is 11.5 Å². The van der Waals surface area contributed by atoms with Gasteiger partial charge in [0.05, 0.1) is 0 Å². The summed E-state index contributed by atoms with van der Waals surface area (Å²) in [6, 6.07) is 9.77. The molecular formula is C18H22O2. The van der Waals surface area contributed by atoms with Gasteiger partial charge in [-0.1, -0.05) is 39.0 Å². The topological polar surface area (TPSA) is 40.5 Å². The maximum Gasteiger partial charge on any atom is 0.130 e. The van der Waals surface area contributed by atoms with E-state index in [0.717, 1.165) is 24.0 Å². The van der Waals surface area contributed by atoms with Crippen LogP contribution < -0.4 is 0 Å². The van der Waals surface area contributed by atoms with Crippen LogP contribution >= 0.6 is 0 Å². The fraction of sp³-hybridized carbons (Fsp3) is 0.333. The number of phenols is 2. The molecule has 0 saturated carbocycles. The fourth-order valence-corrected chi connectivity index (χ4v) is 2.76. The average molecular weight is 270 g/mol. The first kappa shape index (κ1) is 14.4. The standard InChI is InChI=1S/C18H22O2/c1-4-12-8-7-9-13(5-2)17(12)15-10-11-16(19)14(6-3)18(15)20/h7-11,19-20H,4-6H2,1-3H3. The molecule has 0 aliphatic rings. The molecule has 20 heavy (non-hydrogen) atoms. The van der Waals surface area contributed by atoms with Crippen LogP contribution in [0.15, 0.2) is 30.3 Å². The van der Waals surface area contributed by atoms with Crippen LogP contribution in [0.5, 0.6) is 11.5 Å². The van der Waals surface area contributed by atoms with Crippen molar-refractivity contribution in [2.75, 3.05) is 0 Å². The Bertz CT molecular complexity index is 593. The third-order valence-corrected chi connectivity index (χ3v) is 3.88. The van der Waals surface area contributed by atoms with E-state index >= 15 is 0 Å². The lowest BCUT2D eigenvalue weighted by Gasteiger charge is -2.17. The summed E-state index contributed by atoms with van der Waals surface area (Å²) in [4.78, 5) is 0. The third kappa shape index (κ3) is 2.38.